The second-order valence-corrected chi connectivity index (χ2v) is 5.25. The Bertz CT molecular complexity index is 233. The summed E-state index contributed by atoms with van der Waals surface area (Å²) in [6.07, 6.45) is 4.72. The highest BCUT2D eigenvalue weighted by Gasteiger charge is 2.20. The average Bonchev–Trinajstić information content (AvgIpc) is 2.37. The first-order valence-electron chi connectivity index (χ1n) is 7.46. The number of carbonyl (C=O) groups is 1. The molecular formula is C14H29N3O. The van der Waals surface area contributed by atoms with Gasteiger partial charge in [-0.15, -0.1) is 0 Å². The van der Waals surface area contributed by atoms with Crippen LogP contribution in [0.1, 0.15) is 39.5 Å². The molecule has 1 aliphatic heterocycles. The Morgan fingerprint density at radius 2 is 2.22 bits per heavy atom. The fourth-order valence-corrected chi connectivity index (χ4v) is 2.47. The van der Waals surface area contributed by atoms with Crippen LogP contribution in [0.5, 0.6) is 0 Å². The molecule has 4 heteroatoms. The van der Waals surface area contributed by atoms with Crippen LogP contribution in [-0.2, 0) is 4.79 Å². The zero-order valence-corrected chi connectivity index (χ0v) is 12.0. The third-order valence-electron chi connectivity index (χ3n) is 3.51. The Morgan fingerprint density at radius 3 is 2.94 bits per heavy atom. The van der Waals surface area contributed by atoms with Gasteiger partial charge in [-0.2, -0.15) is 0 Å². The van der Waals surface area contributed by atoms with Crippen molar-refractivity contribution in [2.45, 2.75) is 39.5 Å². The van der Waals surface area contributed by atoms with Crippen LogP contribution < -0.4 is 10.6 Å². The van der Waals surface area contributed by atoms with Crippen LogP contribution in [0.4, 0.5) is 0 Å². The zero-order valence-electron chi connectivity index (χ0n) is 12.0. The predicted molar refractivity (Wildman–Crippen MR) is 75.6 cm³/mol. The molecule has 0 saturated carbocycles. The molecular weight excluding hydrogens is 226 g/mol. The highest BCUT2D eigenvalue weighted by Crippen LogP contribution is 2.15. The molecule has 0 bridgehead atoms. The molecule has 1 saturated heterocycles. The Hall–Kier alpha value is -0.610. The third kappa shape index (κ3) is 6.36. The summed E-state index contributed by atoms with van der Waals surface area (Å²) >= 11 is 0. The van der Waals surface area contributed by atoms with E-state index in [0.29, 0.717) is 12.5 Å². The number of rotatable bonds is 8. The molecule has 1 atom stereocenters. The molecule has 2 N–H and O–H groups in total. The number of nitrogens with one attached hydrogen (secondary N) is 2. The van der Waals surface area contributed by atoms with Gasteiger partial charge in [-0.3, -0.25) is 9.69 Å². The average molecular weight is 255 g/mol. The summed E-state index contributed by atoms with van der Waals surface area (Å²) in [5.41, 5.74) is 0. The van der Waals surface area contributed by atoms with Crippen molar-refractivity contribution in [3.05, 3.63) is 0 Å². The van der Waals surface area contributed by atoms with Gasteiger partial charge in [0.2, 0.25) is 5.91 Å². The first-order chi connectivity index (χ1) is 8.76. The standard InChI is InChI=1S/C14H29N3O/c1-3-5-8-16-14(18)12-17-9-6-7-13(11-17)10-15-4-2/h13,15H,3-12H2,1-2H3,(H,16,18). The molecule has 4 nitrogen and oxygen atoms in total. The molecule has 1 unspecified atom stereocenters. The molecule has 0 aliphatic carbocycles. The van der Waals surface area contributed by atoms with Crippen LogP contribution >= 0.6 is 0 Å². The summed E-state index contributed by atoms with van der Waals surface area (Å²) in [6.45, 7) is 9.94. The third-order valence-corrected chi connectivity index (χ3v) is 3.51. The van der Waals surface area contributed by atoms with E-state index in [4.69, 9.17) is 0 Å². The number of likely N-dealkylation sites (tertiary alicyclic amines) is 1. The highest BCUT2D eigenvalue weighted by molar-refractivity contribution is 5.77. The smallest absolute Gasteiger partial charge is 0.234 e. The fraction of sp³-hybridized carbons (Fsp3) is 0.929. The van der Waals surface area contributed by atoms with E-state index >= 15 is 0 Å². The number of carbonyl (C=O) groups excluding carboxylic acids is 1. The second kappa shape index (κ2) is 9.34. The molecule has 0 spiro atoms. The van der Waals surface area contributed by atoms with Crippen molar-refractivity contribution in [2.75, 3.05) is 39.3 Å². The lowest BCUT2D eigenvalue weighted by atomic mass is 9.98. The minimum atomic E-state index is 0.188. The maximum atomic E-state index is 11.7. The molecule has 18 heavy (non-hydrogen) atoms. The molecule has 1 amide bonds. The van der Waals surface area contributed by atoms with E-state index in [9.17, 15) is 4.79 Å². The summed E-state index contributed by atoms with van der Waals surface area (Å²) in [5.74, 6) is 0.898. The molecule has 1 aliphatic rings. The lowest BCUT2D eigenvalue weighted by Gasteiger charge is -2.32. The van der Waals surface area contributed by atoms with E-state index < -0.39 is 0 Å². The van der Waals surface area contributed by atoms with Crippen LogP contribution in [0.15, 0.2) is 0 Å². The molecule has 0 aromatic heterocycles. The molecule has 1 heterocycles. The second-order valence-electron chi connectivity index (χ2n) is 5.25. The summed E-state index contributed by atoms with van der Waals surface area (Å²) in [4.78, 5) is 14.0. The number of hydrogen-bond donors (Lipinski definition) is 2. The largest absolute Gasteiger partial charge is 0.355 e. The number of piperidine rings is 1. The van der Waals surface area contributed by atoms with Crippen LogP contribution in [0.25, 0.3) is 0 Å². The number of amides is 1. The molecule has 1 fully saturated rings. The number of unbranched alkanes of at least 4 members (excludes halogenated alkanes) is 1. The summed E-state index contributed by atoms with van der Waals surface area (Å²) in [6, 6.07) is 0. The molecule has 0 aromatic rings. The van der Waals surface area contributed by atoms with Crippen molar-refractivity contribution < 1.29 is 4.79 Å². The van der Waals surface area contributed by atoms with Crippen LogP contribution in [0, 0.1) is 5.92 Å². The molecule has 1 rings (SSSR count). The molecule has 0 radical (unpaired) electrons. The van der Waals surface area contributed by atoms with Gasteiger partial charge in [0.15, 0.2) is 0 Å². The fourth-order valence-electron chi connectivity index (χ4n) is 2.47. The van der Waals surface area contributed by atoms with E-state index in [1.165, 1.54) is 12.8 Å². The highest BCUT2D eigenvalue weighted by atomic mass is 16.2. The molecule has 0 aromatic carbocycles. The van der Waals surface area contributed by atoms with Gasteiger partial charge in [-0.1, -0.05) is 20.3 Å². The van der Waals surface area contributed by atoms with Gasteiger partial charge in [0.1, 0.15) is 0 Å². The number of hydrogen-bond acceptors (Lipinski definition) is 3. The van der Waals surface area contributed by atoms with Crippen LogP contribution in [-0.4, -0.2) is 50.1 Å². The first kappa shape index (κ1) is 15.4. The Kier molecular flexibility index (Phi) is 8.01. The summed E-state index contributed by atoms with van der Waals surface area (Å²) in [5, 5.41) is 6.40. The minimum Gasteiger partial charge on any atom is -0.355 e. The van der Waals surface area contributed by atoms with Crippen LogP contribution in [0.3, 0.4) is 0 Å². The normalized spacial score (nSPS) is 20.9. The zero-order chi connectivity index (χ0) is 13.2. The van der Waals surface area contributed by atoms with Gasteiger partial charge >= 0.3 is 0 Å². The van der Waals surface area contributed by atoms with Gasteiger partial charge < -0.3 is 10.6 Å². The SMILES string of the molecule is CCCCNC(=O)CN1CCCC(CNCC)C1. The first-order valence-corrected chi connectivity index (χ1v) is 7.46. The van der Waals surface area contributed by atoms with E-state index in [2.05, 4.69) is 29.4 Å². The van der Waals surface area contributed by atoms with E-state index in [1.54, 1.807) is 0 Å². The quantitative estimate of drug-likeness (QED) is 0.641. The molecule has 106 valence electrons. The van der Waals surface area contributed by atoms with Crippen molar-refractivity contribution in [2.24, 2.45) is 5.92 Å². The van der Waals surface area contributed by atoms with Crippen molar-refractivity contribution in [3.63, 3.8) is 0 Å². The van der Waals surface area contributed by atoms with E-state index in [1.807, 2.05) is 0 Å². The lowest BCUT2D eigenvalue weighted by Crippen LogP contribution is -2.44. The van der Waals surface area contributed by atoms with Gasteiger partial charge in [0, 0.05) is 13.1 Å². The van der Waals surface area contributed by atoms with Gasteiger partial charge in [0.05, 0.1) is 6.54 Å². The Labute approximate surface area is 111 Å². The van der Waals surface area contributed by atoms with E-state index in [-0.39, 0.29) is 5.91 Å². The van der Waals surface area contributed by atoms with Crippen LogP contribution in [0.2, 0.25) is 0 Å². The lowest BCUT2D eigenvalue weighted by molar-refractivity contribution is -0.122. The summed E-state index contributed by atoms with van der Waals surface area (Å²) in [7, 11) is 0. The number of nitrogens with zero attached hydrogens (tertiary/aromatic N) is 1. The maximum absolute atomic E-state index is 11.7. The topological polar surface area (TPSA) is 44.4 Å². The Balaban J connectivity index is 2.18. The van der Waals surface area contributed by atoms with Crippen molar-refractivity contribution >= 4 is 5.91 Å². The van der Waals surface area contributed by atoms with Crippen molar-refractivity contribution in [1.82, 2.24) is 15.5 Å². The van der Waals surface area contributed by atoms with Gasteiger partial charge in [-0.25, -0.2) is 0 Å². The van der Waals surface area contributed by atoms with Crippen molar-refractivity contribution in [1.29, 1.82) is 0 Å². The van der Waals surface area contributed by atoms with Gasteiger partial charge in [0.25, 0.3) is 0 Å². The Morgan fingerprint density at radius 1 is 1.39 bits per heavy atom. The predicted octanol–water partition coefficient (Wildman–Crippen LogP) is 1.22. The summed E-state index contributed by atoms with van der Waals surface area (Å²) < 4.78 is 0. The maximum Gasteiger partial charge on any atom is 0.234 e. The van der Waals surface area contributed by atoms with Gasteiger partial charge in [-0.05, 0) is 44.8 Å². The monoisotopic (exact) mass is 255 g/mol. The van der Waals surface area contributed by atoms with E-state index in [0.717, 1.165) is 45.6 Å². The van der Waals surface area contributed by atoms with Crippen molar-refractivity contribution in [3.8, 4) is 0 Å². The minimum absolute atomic E-state index is 0.188.